The lowest BCUT2D eigenvalue weighted by atomic mass is 10.0. The molecule has 0 atom stereocenters. The van der Waals surface area contributed by atoms with Crippen molar-refractivity contribution in [2.75, 3.05) is 44.7 Å². The summed E-state index contributed by atoms with van der Waals surface area (Å²) in [5, 5.41) is 9.69. The van der Waals surface area contributed by atoms with E-state index in [-0.39, 0.29) is 10.5 Å². The number of allylic oxidation sites excluding steroid dienone is 2. The van der Waals surface area contributed by atoms with E-state index in [1.807, 2.05) is 51.1 Å². The monoisotopic (exact) mass is 462 g/mol. The standard InChI is InChI=1S/C24H38N4O3S/c1-19(20-8-10-21(11-9-20)28-15-13-27(7)14-16-28)22(18-25)32(29,30)26-24(5,6)12-17-31-23(2,3)4/h8-11,26H,12-17H2,1-7H3. The smallest absolute Gasteiger partial charge is 0.251 e. The summed E-state index contributed by atoms with van der Waals surface area (Å²) in [6, 6.07) is 9.67. The summed E-state index contributed by atoms with van der Waals surface area (Å²) >= 11 is 0. The fourth-order valence-electron chi connectivity index (χ4n) is 3.54. The predicted octanol–water partition coefficient (Wildman–Crippen LogP) is 3.60. The van der Waals surface area contributed by atoms with Crippen LogP contribution in [0.25, 0.3) is 5.57 Å². The Bertz CT molecular complexity index is 946. The molecule has 0 unspecified atom stereocenters. The Hall–Kier alpha value is -1.92. The molecular weight excluding hydrogens is 424 g/mol. The quantitative estimate of drug-likeness (QED) is 0.594. The summed E-state index contributed by atoms with van der Waals surface area (Å²) < 4.78 is 34.5. The van der Waals surface area contributed by atoms with Gasteiger partial charge in [-0.15, -0.1) is 0 Å². The topological polar surface area (TPSA) is 85.7 Å². The van der Waals surface area contributed by atoms with Crippen LogP contribution in [-0.2, 0) is 14.8 Å². The van der Waals surface area contributed by atoms with Crippen molar-refractivity contribution in [3.63, 3.8) is 0 Å². The van der Waals surface area contributed by atoms with Crippen LogP contribution in [0.4, 0.5) is 5.69 Å². The van der Waals surface area contributed by atoms with Crippen LogP contribution >= 0.6 is 0 Å². The molecule has 1 N–H and O–H groups in total. The van der Waals surface area contributed by atoms with Crippen LogP contribution in [0.3, 0.4) is 0 Å². The average Bonchev–Trinajstić information content (AvgIpc) is 2.66. The third kappa shape index (κ3) is 7.59. The number of hydrogen-bond donors (Lipinski definition) is 1. The molecule has 1 aliphatic heterocycles. The minimum Gasteiger partial charge on any atom is -0.376 e. The number of sulfonamides is 1. The first-order valence-electron chi connectivity index (χ1n) is 11.1. The Morgan fingerprint density at radius 2 is 1.66 bits per heavy atom. The number of benzene rings is 1. The van der Waals surface area contributed by atoms with Gasteiger partial charge in [0.05, 0.1) is 5.60 Å². The molecule has 0 spiro atoms. The molecule has 0 amide bonds. The van der Waals surface area contributed by atoms with Gasteiger partial charge in [-0.1, -0.05) is 12.1 Å². The van der Waals surface area contributed by atoms with Crippen molar-refractivity contribution in [2.24, 2.45) is 0 Å². The van der Waals surface area contributed by atoms with Crippen molar-refractivity contribution >= 4 is 21.3 Å². The first-order chi connectivity index (χ1) is 14.7. The summed E-state index contributed by atoms with van der Waals surface area (Å²) in [5.74, 6) is 0. The molecule has 178 valence electrons. The Morgan fingerprint density at radius 1 is 1.09 bits per heavy atom. The number of nitrogens with zero attached hydrogens (tertiary/aromatic N) is 3. The van der Waals surface area contributed by atoms with Crippen LogP contribution in [0.15, 0.2) is 29.2 Å². The van der Waals surface area contributed by atoms with Crippen LogP contribution in [-0.4, -0.2) is 64.3 Å². The van der Waals surface area contributed by atoms with Gasteiger partial charge in [-0.05, 0) is 78.3 Å². The van der Waals surface area contributed by atoms with Gasteiger partial charge in [-0.3, -0.25) is 0 Å². The van der Waals surface area contributed by atoms with Gasteiger partial charge < -0.3 is 14.5 Å². The molecule has 32 heavy (non-hydrogen) atoms. The summed E-state index contributed by atoms with van der Waals surface area (Å²) in [6.07, 6.45) is 0.487. The van der Waals surface area contributed by atoms with Crippen molar-refractivity contribution < 1.29 is 13.2 Å². The molecule has 0 radical (unpaired) electrons. The molecule has 0 aromatic heterocycles. The van der Waals surface area contributed by atoms with Crippen LogP contribution < -0.4 is 9.62 Å². The van der Waals surface area contributed by atoms with Crippen molar-refractivity contribution in [3.05, 3.63) is 34.7 Å². The number of ether oxygens (including phenoxy) is 1. The van der Waals surface area contributed by atoms with E-state index >= 15 is 0 Å². The highest BCUT2D eigenvalue weighted by Crippen LogP contribution is 2.26. The highest BCUT2D eigenvalue weighted by Gasteiger charge is 2.30. The van der Waals surface area contributed by atoms with Gasteiger partial charge in [-0.25, -0.2) is 13.1 Å². The van der Waals surface area contributed by atoms with Crippen LogP contribution in [0.2, 0.25) is 0 Å². The summed E-state index contributed by atoms with van der Waals surface area (Å²) in [5.41, 5.74) is 1.22. The highest BCUT2D eigenvalue weighted by atomic mass is 32.2. The summed E-state index contributed by atoms with van der Waals surface area (Å²) in [7, 11) is -1.87. The third-order valence-corrected chi connectivity index (χ3v) is 7.31. The maximum Gasteiger partial charge on any atom is 0.251 e. The van der Waals surface area contributed by atoms with Gasteiger partial charge in [0.15, 0.2) is 4.91 Å². The average molecular weight is 463 g/mol. The van der Waals surface area contributed by atoms with Crippen molar-refractivity contribution in [1.29, 1.82) is 5.26 Å². The SMILES string of the molecule is CC(=C(C#N)S(=O)(=O)NC(C)(C)CCOC(C)(C)C)c1ccc(N2CCN(C)CC2)cc1. The van der Waals surface area contributed by atoms with Crippen LogP contribution in [0.1, 0.15) is 53.5 Å². The van der Waals surface area contributed by atoms with Crippen molar-refractivity contribution in [1.82, 2.24) is 9.62 Å². The molecule has 8 heteroatoms. The largest absolute Gasteiger partial charge is 0.376 e. The Labute approximate surface area is 194 Å². The fraction of sp³-hybridized carbons (Fsp3) is 0.625. The van der Waals surface area contributed by atoms with Gasteiger partial charge in [0, 0.05) is 44.0 Å². The molecule has 1 aliphatic rings. The minimum atomic E-state index is -3.98. The van der Waals surface area contributed by atoms with E-state index in [9.17, 15) is 13.7 Å². The van der Waals surface area contributed by atoms with Gasteiger partial charge in [0.1, 0.15) is 6.07 Å². The van der Waals surface area contributed by atoms with E-state index < -0.39 is 15.6 Å². The molecule has 1 fully saturated rings. The molecule has 1 aromatic carbocycles. The molecule has 2 rings (SSSR count). The molecule has 0 aliphatic carbocycles. The summed E-state index contributed by atoms with van der Waals surface area (Å²) in [6.45, 7) is 15.5. The van der Waals surface area contributed by atoms with Crippen molar-refractivity contribution in [2.45, 2.75) is 59.1 Å². The zero-order chi connectivity index (χ0) is 24.2. The number of hydrogen-bond acceptors (Lipinski definition) is 6. The normalized spacial score (nSPS) is 17.1. The first kappa shape index (κ1) is 26.3. The van der Waals surface area contributed by atoms with Gasteiger partial charge in [0.25, 0.3) is 10.0 Å². The molecule has 7 nitrogen and oxygen atoms in total. The molecule has 0 bridgehead atoms. The van der Waals surface area contributed by atoms with Crippen molar-refractivity contribution in [3.8, 4) is 6.07 Å². The van der Waals surface area contributed by atoms with Gasteiger partial charge >= 0.3 is 0 Å². The molecular formula is C24H38N4O3S. The Balaban J connectivity index is 2.17. The second-order valence-corrected chi connectivity index (χ2v) is 11.7. The maximum absolute atomic E-state index is 13.1. The second kappa shape index (κ2) is 10.3. The van der Waals surface area contributed by atoms with Gasteiger partial charge in [0.2, 0.25) is 0 Å². The Morgan fingerprint density at radius 3 is 2.16 bits per heavy atom. The fourth-order valence-corrected chi connectivity index (χ4v) is 5.11. The van der Waals surface area contributed by atoms with E-state index in [0.29, 0.717) is 18.6 Å². The van der Waals surface area contributed by atoms with E-state index in [1.165, 1.54) is 0 Å². The lowest BCUT2D eigenvalue weighted by Crippen LogP contribution is -2.45. The number of nitrogens with one attached hydrogen (secondary N) is 1. The minimum absolute atomic E-state index is 0.255. The lowest BCUT2D eigenvalue weighted by Gasteiger charge is -2.34. The lowest BCUT2D eigenvalue weighted by molar-refractivity contribution is -0.0102. The number of anilines is 1. The number of likely N-dealkylation sites (N-methyl/N-ethyl adjacent to an activating group) is 1. The number of nitriles is 1. The van der Waals surface area contributed by atoms with Crippen LogP contribution in [0, 0.1) is 11.3 Å². The predicted molar refractivity (Wildman–Crippen MR) is 131 cm³/mol. The molecule has 0 saturated carbocycles. The summed E-state index contributed by atoms with van der Waals surface area (Å²) in [4.78, 5) is 4.36. The zero-order valence-corrected chi connectivity index (χ0v) is 21.3. The Kier molecular flexibility index (Phi) is 8.51. The molecule has 1 heterocycles. The molecule has 1 aromatic rings. The molecule has 1 saturated heterocycles. The van der Waals surface area contributed by atoms with Crippen LogP contribution in [0.5, 0.6) is 0 Å². The maximum atomic E-state index is 13.1. The number of piperazine rings is 1. The number of rotatable bonds is 8. The van der Waals surface area contributed by atoms with E-state index in [4.69, 9.17) is 4.74 Å². The highest BCUT2D eigenvalue weighted by molar-refractivity contribution is 7.94. The van der Waals surface area contributed by atoms with E-state index in [0.717, 1.165) is 37.4 Å². The van der Waals surface area contributed by atoms with Gasteiger partial charge in [-0.2, -0.15) is 5.26 Å². The second-order valence-electron chi connectivity index (χ2n) is 10.1. The van der Waals surface area contributed by atoms with E-state index in [1.54, 1.807) is 20.8 Å². The first-order valence-corrected chi connectivity index (χ1v) is 12.6. The zero-order valence-electron chi connectivity index (χ0n) is 20.5. The van der Waals surface area contributed by atoms with E-state index in [2.05, 4.69) is 21.6 Å². The third-order valence-electron chi connectivity index (χ3n) is 5.55.